The molecule has 0 saturated heterocycles. The van der Waals surface area contributed by atoms with Crippen molar-refractivity contribution >= 4 is 23.2 Å². The first-order valence-electron chi connectivity index (χ1n) is 15.7. The third-order valence-corrected chi connectivity index (χ3v) is 10.3. The Kier molecular flexibility index (Phi) is 5.54. The first-order valence-corrected chi connectivity index (χ1v) is 15.7. The molecule has 0 aliphatic carbocycles. The fourth-order valence-corrected chi connectivity index (χ4v) is 8.06. The Morgan fingerprint density at radius 2 is 0.896 bits per heavy atom. The largest absolute Gasteiger partial charge is 0.456 e. The number of ether oxygens (including phenoxy) is 2. The molecule has 0 radical (unpaired) electrons. The van der Waals surface area contributed by atoms with Gasteiger partial charge in [0.05, 0.1) is 0 Å². The molecule has 0 bridgehead atoms. The summed E-state index contributed by atoms with van der Waals surface area (Å²) >= 11 is 0. The highest BCUT2D eigenvalue weighted by molar-refractivity contribution is 6.03. The zero-order chi connectivity index (χ0) is 33.3. The molecule has 2 spiro atoms. The molecule has 0 aromatic heterocycles. The highest BCUT2D eigenvalue weighted by atomic mass is 16.5. The summed E-state index contributed by atoms with van der Waals surface area (Å²) in [6.07, 6.45) is 0. The molecule has 4 aliphatic heterocycles. The quantitative estimate of drug-likeness (QED) is 0.199. The van der Waals surface area contributed by atoms with Gasteiger partial charge in [-0.25, -0.2) is 11.7 Å². The highest BCUT2D eigenvalue weighted by Crippen LogP contribution is 2.62. The maximum Gasteiger partial charge on any atom is 0.269 e. The minimum atomic E-state index is -1.26. The van der Waals surface area contributed by atoms with Crippen LogP contribution in [0, 0.1) is 0 Å². The van der Waals surface area contributed by atoms with E-state index in [-0.39, 0.29) is 11.8 Å². The summed E-state index contributed by atoms with van der Waals surface area (Å²) in [7, 11) is 7.83. The predicted molar refractivity (Wildman–Crippen MR) is 181 cm³/mol. The van der Waals surface area contributed by atoms with Crippen molar-refractivity contribution in [1.82, 2.24) is 10.0 Å². The normalized spacial score (nSPS) is 20.8. The molecule has 5 aromatic carbocycles. The second-order valence-corrected chi connectivity index (χ2v) is 13.1. The lowest BCUT2D eigenvalue weighted by Gasteiger charge is -2.46. The topological polar surface area (TPSA) is 118 Å². The second kappa shape index (κ2) is 9.37. The van der Waals surface area contributed by atoms with Crippen LogP contribution in [0.5, 0.6) is 23.0 Å². The van der Waals surface area contributed by atoms with E-state index in [1.807, 2.05) is 123 Å². The number of fused-ring (bicyclic) bond motifs is 12. The molecule has 2 atom stereocenters. The molecule has 238 valence electrons. The Morgan fingerprint density at radius 1 is 0.500 bits per heavy atom. The van der Waals surface area contributed by atoms with Gasteiger partial charge in [-0.2, -0.15) is 0 Å². The van der Waals surface area contributed by atoms with E-state index in [1.54, 1.807) is 12.1 Å². The standard InChI is InChI=1S/C38H32N6O4/c1-41(2)21-13-15-27-31(17-21)47-33-20-34-30(19-29(33)37(27)25-11-7-5-9-23(25)35(45)43(37)39)38(26-12-8-6-10-24(26)36(46)44(38)40)28-16-14-22(42(3)4)18-32(28)48-34/h5-20H,39-40H2,1-4H3. The first-order chi connectivity index (χ1) is 23.1. The minimum Gasteiger partial charge on any atom is -0.456 e. The maximum absolute atomic E-state index is 14.0. The Bertz CT molecular complexity index is 2110. The Hall–Kier alpha value is -5.84. The number of hydrogen-bond acceptors (Lipinski definition) is 8. The van der Waals surface area contributed by atoms with Crippen molar-refractivity contribution in [3.63, 3.8) is 0 Å². The third-order valence-electron chi connectivity index (χ3n) is 10.3. The molecule has 48 heavy (non-hydrogen) atoms. The second-order valence-electron chi connectivity index (χ2n) is 13.1. The lowest BCUT2D eigenvalue weighted by molar-refractivity contribution is 0.0662. The number of hydrogen-bond donors (Lipinski definition) is 2. The number of anilines is 2. The van der Waals surface area contributed by atoms with Gasteiger partial charge < -0.3 is 19.3 Å². The van der Waals surface area contributed by atoms with Crippen LogP contribution >= 0.6 is 0 Å². The van der Waals surface area contributed by atoms with Crippen LogP contribution in [-0.4, -0.2) is 50.0 Å². The van der Waals surface area contributed by atoms with Gasteiger partial charge in [0, 0.05) is 102 Å². The molecule has 10 nitrogen and oxygen atoms in total. The van der Waals surface area contributed by atoms with Crippen LogP contribution in [0.15, 0.2) is 97.1 Å². The Morgan fingerprint density at radius 3 is 1.31 bits per heavy atom. The van der Waals surface area contributed by atoms with Crippen LogP contribution in [0.2, 0.25) is 0 Å². The average Bonchev–Trinajstić information content (AvgIpc) is 3.45. The smallest absolute Gasteiger partial charge is 0.269 e. The van der Waals surface area contributed by atoms with Gasteiger partial charge in [-0.05, 0) is 30.3 Å². The van der Waals surface area contributed by atoms with E-state index < -0.39 is 11.1 Å². The van der Waals surface area contributed by atoms with Crippen LogP contribution < -0.4 is 31.0 Å². The number of nitrogens with two attached hydrogens (primary N) is 2. The molecular formula is C38H32N6O4. The zero-order valence-corrected chi connectivity index (χ0v) is 26.8. The number of amides is 2. The lowest BCUT2D eigenvalue weighted by Crippen LogP contribution is -2.53. The summed E-state index contributed by atoms with van der Waals surface area (Å²) in [4.78, 5) is 31.9. The molecule has 2 amide bonds. The van der Waals surface area contributed by atoms with Crippen molar-refractivity contribution in [3.05, 3.63) is 142 Å². The SMILES string of the molecule is CN(C)c1ccc2c(c1)Oc1cc3c(cc1C21c2ccccc2C(=O)N1N)C1(c2ccc(N(C)C)cc2O3)c2ccccc2C(=O)N1N. The number of benzene rings is 5. The summed E-state index contributed by atoms with van der Waals surface area (Å²) in [5.74, 6) is 15.3. The molecular weight excluding hydrogens is 604 g/mol. The molecule has 0 saturated carbocycles. The molecule has 0 fully saturated rings. The van der Waals surface area contributed by atoms with Crippen molar-refractivity contribution in [3.8, 4) is 23.0 Å². The van der Waals surface area contributed by atoms with Crippen molar-refractivity contribution in [2.24, 2.45) is 11.7 Å². The van der Waals surface area contributed by atoms with Crippen molar-refractivity contribution in [2.45, 2.75) is 11.1 Å². The number of hydrazine groups is 2. The molecule has 9 rings (SSSR count). The van der Waals surface area contributed by atoms with E-state index >= 15 is 0 Å². The average molecular weight is 637 g/mol. The van der Waals surface area contributed by atoms with Crippen LogP contribution in [0.3, 0.4) is 0 Å². The fraction of sp³-hybridized carbons (Fsp3) is 0.158. The van der Waals surface area contributed by atoms with Gasteiger partial charge in [0.25, 0.3) is 11.8 Å². The van der Waals surface area contributed by atoms with Crippen LogP contribution in [0.1, 0.15) is 54.1 Å². The van der Waals surface area contributed by atoms with Gasteiger partial charge in [-0.1, -0.05) is 48.5 Å². The monoisotopic (exact) mass is 636 g/mol. The molecule has 2 unspecified atom stereocenters. The van der Waals surface area contributed by atoms with Crippen molar-refractivity contribution in [1.29, 1.82) is 0 Å². The molecule has 4 N–H and O–H groups in total. The summed E-state index contributed by atoms with van der Waals surface area (Å²) in [6.45, 7) is 0. The van der Waals surface area contributed by atoms with E-state index in [0.29, 0.717) is 45.3 Å². The number of carbonyl (C=O) groups is 2. The summed E-state index contributed by atoms with van der Waals surface area (Å²) in [5, 5.41) is 2.61. The van der Waals surface area contributed by atoms with E-state index in [4.69, 9.17) is 21.2 Å². The van der Waals surface area contributed by atoms with E-state index in [0.717, 1.165) is 33.6 Å². The molecule has 10 heteroatoms. The van der Waals surface area contributed by atoms with Gasteiger partial charge in [0.2, 0.25) is 0 Å². The number of rotatable bonds is 2. The summed E-state index contributed by atoms with van der Waals surface area (Å²) < 4.78 is 13.4. The third kappa shape index (κ3) is 3.23. The van der Waals surface area contributed by atoms with Crippen LogP contribution in [-0.2, 0) is 11.1 Å². The zero-order valence-electron chi connectivity index (χ0n) is 26.8. The van der Waals surface area contributed by atoms with Crippen LogP contribution in [0.25, 0.3) is 0 Å². The number of carbonyl (C=O) groups excluding carboxylic acids is 2. The van der Waals surface area contributed by atoms with Gasteiger partial charge in [0.15, 0.2) is 0 Å². The molecule has 4 heterocycles. The number of nitrogens with zero attached hydrogens (tertiary/aromatic N) is 4. The van der Waals surface area contributed by atoms with E-state index in [1.165, 1.54) is 10.0 Å². The Labute approximate surface area is 277 Å². The van der Waals surface area contributed by atoms with Crippen molar-refractivity contribution < 1.29 is 19.1 Å². The van der Waals surface area contributed by atoms with E-state index in [2.05, 4.69) is 0 Å². The maximum atomic E-state index is 14.0. The fourth-order valence-electron chi connectivity index (χ4n) is 8.06. The highest BCUT2D eigenvalue weighted by Gasteiger charge is 2.60. The van der Waals surface area contributed by atoms with E-state index in [9.17, 15) is 9.59 Å². The molecule has 5 aromatic rings. The van der Waals surface area contributed by atoms with Gasteiger partial charge in [-0.3, -0.25) is 19.6 Å². The van der Waals surface area contributed by atoms with Gasteiger partial charge in [-0.15, -0.1) is 0 Å². The van der Waals surface area contributed by atoms with Gasteiger partial charge in [0.1, 0.15) is 34.1 Å². The van der Waals surface area contributed by atoms with Crippen molar-refractivity contribution in [2.75, 3.05) is 38.0 Å². The first kappa shape index (κ1) is 28.4. The molecule has 4 aliphatic rings. The van der Waals surface area contributed by atoms with Crippen LogP contribution in [0.4, 0.5) is 11.4 Å². The minimum absolute atomic E-state index is 0.312. The predicted octanol–water partition coefficient (Wildman–Crippen LogP) is 5.27. The summed E-state index contributed by atoms with van der Waals surface area (Å²) in [6, 6.07) is 30.6. The lowest BCUT2D eigenvalue weighted by atomic mass is 9.70. The summed E-state index contributed by atoms with van der Waals surface area (Å²) in [5.41, 5.74) is 4.50. The Balaban J connectivity index is 1.40. The van der Waals surface area contributed by atoms with Gasteiger partial charge >= 0.3 is 0 Å².